The molecule has 0 radical (unpaired) electrons. The summed E-state index contributed by atoms with van der Waals surface area (Å²) in [5, 5.41) is 5.08. The van der Waals surface area contributed by atoms with E-state index >= 15 is 0 Å². The largest absolute Gasteiger partial charge is 0.447 e. The number of carbonyl (C=O) groups excluding carboxylic acids is 2. The second-order valence-electron chi connectivity index (χ2n) is 4.62. The van der Waals surface area contributed by atoms with Gasteiger partial charge in [0.05, 0.1) is 6.54 Å². The van der Waals surface area contributed by atoms with Crippen LogP contribution in [0, 0.1) is 0 Å². The fourth-order valence-electron chi connectivity index (χ4n) is 1.75. The number of rotatable bonds is 6. The maximum absolute atomic E-state index is 11.5. The van der Waals surface area contributed by atoms with Gasteiger partial charge in [-0.25, -0.2) is 9.59 Å². The molecule has 0 bridgehead atoms. The molecule has 6 nitrogen and oxygen atoms in total. The molecule has 0 aliphatic carbocycles. The summed E-state index contributed by atoms with van der Waals surface area (Å²) in [5.74, 6) is 0. The van der Waals surface area contributed by atoms with Crippen molar-refractivity contribution >= 4 is 17.9 Å². The average molecular weight is 314 g/mol. The number of hydrogen-bond acceptors (Lipinski definition) is 4. The van der Waals surface area contributed by atoms with E-state index in [1.54, 1.807) is 24.3 Å². The lowest BCUT2D eigenvalue weighted by Crippen LogP contribution is -2.29. The van der Waals surface area contributed by atoms with E-state index in [1.807, 2.05) is 36.4 Å². The van der Waals surface area contributed by atoms with Gasteiger partial charge in [0.2, 0.25) is 0 Å². The molecular weight excluding hydrogens is 296 g/mol. The molecule has 0 saturated heterocycles. The van der Waals surface area contributed by atoms with Gasteiger partial charge in [0, 0.05) is 5.69 Å². The summed E-state index contributed by atoms with van der Waals surface area (Å²) in [5.41, 5.74) is 1.55. The first-order valence-corrected chi connectivity index (χ1v) is 7.17. The molecule has 0 aromatic heterocycles. The van der Waals surface area contributed by atoms with Crippen LogP contribution < -0.4 is 10.6 Å². The lowest BCUT2D eigenvalue weighted by Gasteiger charge is -2.08. The number of hydrogen-bond donors (Lipinski definition) is 2. The second kappa shape index (κ2) is 9.09. The van der Waals surface area contributed by atoms with E-state index in [0.717, 1.165) is 5.56 Å². The number of anilines is 1. The Balaban J connectivity index is 1.56. The average Bonchev–Trinajstić information content (AvgIpc) is 2.59. The van der Waals surface area contributed by atoms with E-state index in [1.165, 1.54) is 0 Å². The highest BCUT2D eigenvalue weighted by Gasteiger charge is 2.04. The number of alkyl carbamates (subject to hydrolysis) is 1. The van der Waals surface area contributed by atoms with E-state index in [0.29, 0.717) is 5.69 Å². The van der Waals surface area contributed by atoms with E-state index in [4.69, 9.17) is 9.47 Å². The van der Waals surface area contributed by atoms with Crippen LogP contribution in [0.2, 0.25) is 0 Å². The molecule has 2 aromatic rings. The third-order valence-corrected chi connectivity index (χ3v) is 2.84. The van der Waals surface area contributed by atoms with Crippen LogP contribution in [-0.4, -0.2) is 25.3 Å². The Morgan fingerprint density at radius 2 is 1.48 bits per heavy atom. The zero-order valence-corrected chi connectivity index (χ0v) is 12.5. The Hall–Kier alpha value is -3.02. The van der Waals surface area contributed by atoms with E-state index in [9.17, 15) is 9.59 Å². The molecule has 0 saturated carbocycles. The van der Waals surface area contributed by atoms with Gasteiger partial charge in [-0.3, -0.25) is 5.32 Å². The summed E-state index contributed by atoms with van der Waals surface area (Å²) in [4.78, 5) is 23.0. The normalized spacial score (nSPS) is 9.74. The van der Waals surface area contributed by atoms with Gasteiger partial charge in [0.15, 0.2) is 0 Å². The van der Waals surface area contributed by atoms with Crippen molar-refractivity contribution in [3.05, 3.63) is 66.2 Å². The lowest BCUT2D eigenvalue weighted by molar-refractivity contribution is 0.132. The van der Waals surface area contributed by atoms with Gasteiger partial charge >= 0.3 is 12.2 Å². The van der Waals surface area contributed by atoms with Crippen LogP contribution in [0.5, 0.6) is 0 Å². The Labute approximate surface area is 134 Å². The van der Waals surface area contributed by atoms with Gasteiger partial charge in [0.1, 0.15) is 13.2 Å². The minimum absolute atomic E-state index is 0.0547. The number of benzene rings is 2. The Kier molecular flexibility index (Phi) is 6.46. The van der Waals surface area contributed by atoms with Crippen molar-refractivity contribution in [2.24, 2.45) is 0 Å². The molecule has 0 fully saturated rings. The fourth-order valence-corrected chi connectivity index (χ4v) is 1.75. The predicted octanol–water partition coefficient (Wildman–Crippen LogP) is 3.16. The summed E-state index contributed by atoms with van der Waals surface area (Å²) in [6, 6.07) is 18.3. The molecule has 2 amide bonds. The number of nitrogens with one attached hydrogen (secondary N) is 2. The predicted molar refractivity (Wildman–Crippen MR) is 86.0 cm³/mol. The molecule has 0 atom stereocenters. The molecule has 6 heteroatoms. The topological polar surface area (TPSA) is 76.7 Å². The van der Waals surface area contributed by atoms with Crippen LogP contribution in [0.3, 0.4) is 0 Å². The minimum Gasteiger partial charge on any atom is -0.447 e. The number of para-hydroxylation sites is 1. The SMILES string of the molecule is O=C(NCCOC(=O)Nc1ccccc1)OCc1ccccc1. The first kappa shape index (κ1) is 16.4. The summed E-state index contributed by atoms with van der Waals surface area (Å²) >= 11 is 0. The highest BCUT2D eigenvalue weighted by molar-refractivity contribution is 5.84. The van der Waals surface area contributed by atoms with Crippen molar-refractivity contribution in [3.63, 3.8) is 0 Å². The monoisotopic (exact) mass is 314 g/mol. The summed E-state index contributed by atoms with van der Waals surface area (Å²) < 4.78 is 9.96. The number of ether oxygens (including phenoxy) is 2. The third kappa shape index (κ3) is 6.52. The first-order chi connectivity index (χ1) is 11.2. The number of amides is 2. The smallest absolute Gasteiger partial charge is 0.411 e. The molecule has 0 heterocycles. The summed E-state index contributed by atoms with van der Waals surface area (Å²) in [7, 11) is 0. The molecule has 23 heavy (non-hydrogen) atoms. The van der Waals surface area contributed by atoms with Crippen molar-refractivity contribution in [1.29, 1.82) is 0 Å². The summed E-state index contributed by atoms with van der Waals surface area (Å²) in [6.07, 6.45) is -1.13. The highest BCUT2D eigenvalue weighted by Crippen LogP contribution is 2.05. The number of carbonyl (C=O) groups is 2. The van der Waals surface area contributed by atoms with Crippen molar-refractivity contribution < 1.29 is 19.1 Å². The van der Waals surface area contributed by atoms with Crippen molar-refractivity contribution in [3.8, 4) is 0 Å². The van der Waals surface area contributed by atoms with E-state index in [2.05, 4.69) is 10.6 Å². The van der Waals surface area contributed by atoms with Crippen molar-refractivity contribution in [2.45, 2.75) is 6.61 Å². The quantitative estimate of drug-likeness (QED) is 0.803. The van der Waals surface area contributed by atoms with Gasteiger partial charge in [-0.05, 0) is 17.7 Å². The second-order valence-corrected chi connectivity index (χ2v) is 4.62. The first-order valence-electron chi connectivity index (χ1n) is 7.17. The van der Waals surface area contributed by atoms with Gasteiger partial charge in [-0.1, -0.05) is 48.5 Å². The minimum atomic E-state index is -0.573. The lowest BCUT2D eigenvalue weighted by atomic mass is 10.2. The molecule has 2 rings (SSSR count). The van der Waals surface area contributed by atoms with Crippen molar-refractivity contribution in [1.82, 2.24) is 5.32 Å². The molecule has 0 spiro atoms. The zero-order chi connectivity index (χ0) is 16.3. The van der Waals surface area contributed by atoms with E-state index < -0.39 is 12.2 Å². The maximum Gasteiger partial charge on any atom is 0.411 e. The van der Waals surface area contributed by atoms with Crippen LogP contribution in [0.1, 0.15) is 5.56 Å². The van der Waals surface area contributed by atoms with Crippen LogP contribution in [0.15, 0.2) is 60.7 Å². The van der Waals surface area contributed by atoms with Crippen LogP contribution in [0.25, 0.3) is 0 Å². The van der Waals surface area contributed by atoms with Crippen LogP contribution in [0.4, 0.5) is 15.3 Å². The molecule has 0 aliphatic rings. The molecule has 2 aromatic carbocycles. The molecule has 0 aliphatic heterocycles. The maximum atomic E-state index is 11.5. The Morgan fingerprint density at radius 3 is 2.17 bits per heavy atom. The molecule has 120 valence electrons. The molecule has 2 N–H and O–H groups in total. The van der Waals surface area contributed by atoms with Gasteiger partial charge in [-0.2, -0.15) is 0 Å². The summed E-state index contributed by atoms with van der Waals surface area (Å²) in [6.45, 7) is 0.428. The van der Waals surface area contributed by atoms with Gasteiger partial charge < -0.3 is 14.8 Å². The third-order valence-electron chi connectivity index (χ3n) is 2.84. The zero-order valence-electron chi connectivity index (χ0n) is 12.5. The van der Waals surface area contributed by atoms with Crippen LogP contribution >= 0.6 is 0 Å². The standard InChI is InChI=1S/C17H18N2O4/c20-16(23-13-14-7-3-1-4-8-14)18-11-12-22-17(21)19-15-9-5-2-6-10-15/h1-10H,11-13H2,(H,18,20)(H,19,21). The highest BCUT2D eigenvalue weighted by atomic mass is 16.6. The van der Waals surface area contributed by atoms with E-state index in [-0.39, 0.29) is 19.8 Å². The van der Waals surface area contributed by atoms with Gasteiger partial charge in [0.25, 0.3) is 0 Å². The Morgan fingerprint density at radius 1 is 0.826 bits per heavy atom. The molecule has 0 unspecified atom stereocenters. The van der Waals surface area contributed by atoms with Crippen LogP contribution in [-0.2, 0) is 16.1 Å². The Bertz CT molecular complexity index is 617. The van der Waals surface area contributed by atoms with Gasteiger partial charge in [-0.15, -0.1) is 0 Å². The molecular formula is C17H18N2O4. The van der Waals surface area contributed by atoms with Crippen molar-refractivity contribution in [2.75, 3.05) is 18.5 Å². The fraction of sp³-hybridized carbons (Fsp3) is 0.176.